The highest BCUT2D eigenvalue weighted by atomic mass is 16.5. The number of rotatable bonds is 11. The van der Waals surface area contributed by atoms with Crippen LogP contribution in [0.2, 0.25) is 0 Å². The van der Waals surface area contributed by atoms with Crippen LogP contribution < -0.4 is 0 Å². The first-order valence-corrected chi connectivity index (χ1v) is 13.9. The molecule has 4 aliphatic heterocycles. The fourth-order valence-corrected chi connectivity index (χ4v) is 6.65. The summed E-state index contributed by atoms with van der Waals surface area (Å²) in [5, 5.41) is 9.21. The molecule has 36 heavy (non-hydrogen) atoms. The summed E-state index contributed by atoms with van der Waals surface area (Å²) in [6, 6.07) is -0.783. The summed E-state index contributed by atoms with van der Waals surface area (Å²) in [7, 11) is 0. The van der Waals surface area contributed by atoms with Crippen molar-refractivity contribution in [3.05, 3.63) is 24.3 Å². The third kappa shape index (κ3) is 4.51. The monoisotopic (exact) mass is 501 g/mol. The maximum Gasteiger partial charge on any atom is 0.249 e. The zero-order valence-electron chi connectivity index (χ0n) is 22.2. The molecule has 5 atom stereocenters. The van der Waals surface area contributed by atoms with E-state index < -0.39 is 29.1 Å². The molecule has 4 rings (SSSR count). The number of carbonyl (C=O) groups excluding carboxylic acids is 3. The van der Waals surface area contributed by atoms with Crippen LogP contribution >= 0.6 is 0 Å². The predicted octanol–water partition coefficient (Wildman–Crippen LogP) is 2.52. The molecular formula is C28H43N3O5. The predicted molar refractivity (Wildman–Crippen MR) is 137 cm³/mol. The summed E-state index contributed by atoms with van der Waals surface area (Å²) in [5.74, 6) is -1.73. The van der Waals surface area contributed by atoms with Crippen molar-refractivity contribution >= 4 is 17.7 Å². The van der Waals surface area contributed by atoms with Crippen LogP contribution in [-0.4, -0.2) is 94.1 Å². The molecule has 0 aromatic carbocycles. The minimum Gasteiger partial charge on any atom is -0.396 e. The number of aliphatic hydroxyl groups is 1. The normalized spacial score (nSPS) is 33.6. The minimum absolute atomic E-state index is 0.0645. The molecule has 0 aromatic rings. The molecule has 4 aliphatic rings. The summed E-state index contributed by atoms with van der Waals surface area (Å²) in [5.41, 5.74) is -2.12. The van der Waals surface area contributed by atoms with Gasteiger partial charge < -0.3 is 24.5 Å². The van der Waals surface area contributed by atoms with E-state index in [4.69, 9.17) is 4.74 Å². The third-order valence-corrected chi connectivity index (χ3v) is 8.31. The van der Waals surface area contributed by atoms with Crippen molar-refractivity contribution in [3.8, 4) is 0 Å². The molecule has 3 amide bonds. The first kappa shape index (κ1) is 26.9. The lowest BCUT2D eigenvalue weighted by molar-refractivity contribution is -0.152. The number of nitrogens with zero attached hydrogens (tertiary/aromatic N) is 3. The van der Waals surface area contributed by atoms with E-state index in [1.165, 1.54) is 0 Å². The number of aliphatic hydroxyl groups excluding tert-OH is 1. The standard InChI is InChI=1S/C28H43N3O5/c1-4-6-8-16-30-18-12-14-28-22(25(34)31(23(28)26(30)35)19-9-7-10-20-32)21-24(33)29(15-5-2)17-11-13-27(21,3)36-28/h11-14,21-23,32H,4-10,15-20H2,1-3H3/t21-,22-,23?,27+,28-/m0/s1. The Labute approximate surface area is 215 Å². The second-order valence-corrected chi connectivity index (χ2v) is 10.9. The number of carbonyl (C=O) groups is 3. The van der Waals surface area contributed by atoms with Gasteiger partial charge >= 0.3 is 0 Å². The summed E-state index contributed by atoms with van der Waals surface area (Å²) < 4.78 is 6.83. The Balaban J connectivity index is 1.74. The molecule has 0 saturated carbocycles. The first-order valence-electron chi connectivity index (χ1n) is 13.9. The highest BCUT2D eigenvalue weighted by Crippen LogP contribution is 2.57. The van der Waals surface area contributed by atoms with Gasteiger partial charge in [-0.1, -0.05) is 51.0 Å². The van der Waals surface area contributed by atoms with Gasteiger partial charge in [-0.3, -0.25) is 14.4 Å². The summed E-state index contributed by atoms with van der Waals surface area (Å²) in [6.07, 6.45) is 13.8. The average molecular weight is 502 g/mol. The number of unbranched alkanes of at least 4 members (excludes halogenated alkanes) is 4. The largest absolute Gasteiger partial charge is 0.396 e. The van der Waals surface area contributed by atoms with Crippen LogP contribution in [0, 0.1) is 11.8 Å². The van der Waals surface area contributed by atoms with Gasteiger partial charge in [-0.05, 0) is 39.0 Å². The molecule has 8 nitrogen and oxygen atoms in total. The SMILES string of the molecule is CCCCCN1CC=C[C@]23O[C@]4(C)C=CCN(CCC)C(=O)[C@@H]4[C@H]2C(=O)N(CCCCCO)C3C1=O. The van der Waals surface area contributed by atoms with E-state index in [1.54, 1.807) is 4.90 Å². The van der Waals surface area contributed by atoms with E-state index >= 15 is 0 Å². The molecular weight excluding hydrogens is 458 g/mol. The molecule has 1 spiro atoms. The summed E-state index contributed by atoms with van der Waals surface area (Å²) in [6.45, 7) is 8.85. The molecule has 2 fully saturated rings. The molecule has 8 heteroatoms. The van der Waals surface area contributed by atoms with Crippen molar-refractivity contribution in [1.29, 1.82) is 0 Å². The van der Waals surface area contributed by atoms with Crippen LogP contribution in [0.3, 0.4) is 0 Å². The van der Waals surface area contributed by atoms with Crippen LogP contribution in [0.1, 0.15) is 65.7 Å². The van der Waals surface area contributed by atoms with Crippen LogP contribution in [0.25, 0.3) is 0 Å². The minimum atomic E-state index is -1.17. The maximum atomic E-state index is 14.2. The van der Waals surface area contributed by atoms with Gasteiger partial charge in [0, 0.05) is 39.3 Å². The van der Waals surface area contributed by atoms with E-state index in [1.807, 2.05) is 48.0 Å². The average Bonchev–Trinajstić information content (AvgIpc) is 3.12. The van der Waals surface area contributed by atoms with E-state index in [2.05, 4.69) is 6.92 Å². The maximum absolute atomic E-state index is 14.2. The van der Waals surface area contributed by atoms with Gasteiger partial charge in [-0.25, -0.2) is 0 Å². The van der Waals surface area contributed by atoms with Crippen molar-refractivity contribution < 1.29 is 24.2 Å². The number of amides is 3. The van der Waals surface area contributed by atoms with Gasteiger partial charge in [0.1, 0.15) is 11.6 Å². The number of likely N-dealkylation sites (tertiary alicyclic amines) is 1. The number of ether oxygens (including phenoxy) is 1. The Bertz CT molecular complexity index is 904. The third-order valence-electron chi connectivity index (χ3n) is 8.31. The molecule has 1 N–H and O–H groups in total. The van der Waals surface area contributed by atoms with Crippen molar-refractivity contribution in [2.75, 3.05) is 39.3 Å². The molecule has 0 bridgehead atoms. The van der Waals surface area contributed by atoms with Crippen LogP contribution in [0.15, 0.2) is 24.3 Å². The van der Waals surface area contributed by atoms with E-state index in [9.17, 15) is 19.5 Å². The smallest absolute Gasteiger partial charge is 0.249 e. The van der Waals surface area contributed by atoms with Crippen LogP contribution in [-0.2, 0) is 19.1 Å². The van der Waals surface area contributed by atoms with Crippen LogP contribution in [0.5, 0.6) is 0 Å². The number of hydrogen-bond acceptors (Lipinski definition) is 5. The van der Waals surface area contributed by atoms with Crippen molar-refractivity contribution in [2.24, 2.45) is 11.8 Å². The molecule has 0 aromatic heterocycles. The quantitative estimate of drug-likeness (QED) is 0.347. The molecule has 1 unspecified atom stereocenters. The van der Waals surface area contributed by atoms with Gasteiger partial charge in [0.2, 0.25) is 17.7 Å². The van der Waals surface area contributed by atoms with Gasteiger partial charge in [-0.2, -0.15) is 0 Å². The zero-order chi connectivity index (χ0) is 25.9. The first-order chi connectivity index (χ1) is 17.3. The Kier molecular flexibility index (Phi) is 8.25. The van der Waals surface area contributed by atoms with E-state index in [0.717, 1.165) is 32.1 Å². The summed E-state index contributed by atoms with van der Waals surface area (Å²) >= 11 is 0. The fourth-order valence-electron chi connectivity index (χ4n) is 6.65. The van der Waals surface area contributed by atoms with E-state index in [0.29, 0.717) is 45.6 Å². The van der Waals surface area contributed by atoms with Crippen LogP contribution in [0.4, 0.5) is 0 Å². The van der Waals surface area contributed by atoms with E-state index in [-0.39, 0.29) is 24.3 Å². The Morgan fingerprint density at radius 3 is 2.22 bits per heavy atom. The molecule has 0 radical (unpaired) electrons. The van der Waals surface area contributed by atoms with Gasteiger partial charge in [-0.15, -0.1) is 0 Å². The second kappa shape index (κ2) is 11.1. The van der Waals surface area contributed by atoms with Gasteiger partial charge in [0.25, 0.3) is 0 Å². The topological polar surface area (TPSA) is 90.4 Å². The van der Waals surface area contributed by atoms with Crippen molar-refractivity contribution in [1.82, 2.24) is 14.7 Å². The number of hydrogen-bond donors (Lipinski definition) is 1. The molecule has 2 saturated heterocycles. The lowest BCUT2D eigenvalue weighted by atomic mass is 9.74. The Morgan fingerprint density at radius 1 is 0.833 bits per heavy atom. The van der Waals surface area contributed by atoms with Gasteiger partial charge in [0.05, 0.1) is 17.4 Å². The lowest BCUT2D eigenvalue weighted by Crippen LogP contribution is -2.56. The molecule has 4 heterocycles. The Hall–Kier alpha value is -2.19. The molecule has 0 aliphatic carbocycles. The van der Waals surface area contributed by atoms with Crippen molar-refractivity contribution in [3.63, 3.8) is 0 Å². The second-order valence-electron chi connectivity index (χ2n) is 10.9. The van der Waals surface area contributed by atoms with Gasteiger partial charge in [0.15, 0.2) is 0 Å². The zero-order valence-corrected chi connectivity index (χ0v) is 22.2. The highest BCUT2D eigenvalue weighted by Gasteiger charge is 2.74. The number of fused-ring (bicyclic) bond motifs is 2. The fraction of sp³-hybridized carbons (Fsp3) is 0.750. The molecule has 200 valence electrons. The highest BCUT2D eigenvalue weighted by molar-refractivity contribution is 6.00. The summed E-state index contributed by atoms with van der Waals surface area (Å²) in [4.78, 5) is 47.5. The van der Waals surface area contributed by atoms with Crippen molar-refractivity contribution in [2.45, 2.75) is 83.0 Å². The lowest BCUT2D eigenvalue weighted by Gasteiger charge is -2.37. The Morgan fingerprint density at radius 2 is 1.53 bits per heavy atom.